The van der Waals surface area contributed by atoms with Crippen molar-refractivity contribution in [2.45, 2.75) is 50.0 Å². The predicted octanol–water partition coefficient (Wildman–Crippen LogP) is 2.97. The molecule has 1 aromatic carbocycles. The highest BCUT2D eigenvalue weighted by atomic mass is 16.5. The summed E-state index contributed by atoms with van der Waals surface area (Å²) in [6.07, 6.45) is 7.97. The van der Waals surface area contributed by atoms with Gasteiger partial charge in [0.2, 0.25) is 0 Å². The first-order valence-corrected chi connectivity index (χ1v) is 8.33. The first-order chi connectivity index (χ1) is 10.2. The molecule has 1 aromatic rings. The highest BCUT2D eigenvalue weighted by Gasteiger charge is 2.53. The number of anilines is 1. The highest BCUT2D eigenvalue weighted by Crippen LogP contribution is 2.56. The van der Waals surface area contributed by atoms with Crippen molar-refractivity contribution in [2.24, 2.45) is 5.92 Å². The van der Waals surface area contributed by atoms with Crippen LogP contribution >= 0.6 is 0 Å². The quantitative estimate of drug-likeness (QED) is 0.807. The number of piperidine rings is 1. The number of fused-ring (bicyclic) bond motifs is 1. The van der Waals surface area contributed by atoms with Crippen molar-refractivity contribution >= 4 is 5.69 Å². The van der Waals surface area contributed by atoms with Crippen molar-refractivity contribution in [1.82, 2.24) is 4.90 Å². The van der Waals surface area contributed by atoms with Gasteiger partial charge in [0.25, 0.3) is 0 Å². The van der Waals surface area contributed by atoms with Crippen LogP contribution in [0, 0.1) is 5.92 Å². The van der Waals surface area contributed by atoms with E-state index in [1.54, 1.807) is 12.7 Å². The lowest BCUT2D eigenvalue weighted by Gasteiger charge is -2.58. The Hall–Kier alpha value is -1.22. The zero-order valence-corrected chi connectivity index (χ0v) is 13.2. The molecule has 3 nitrogen and oxygen atoms in total. The fourth-order valence-corrected chi connectivity index (χ4v) is 5.43. The van der Waals surface area contributed by atoms with E-state index in [1.165, 1.54) is 44.2 Å². The van der Waals surface area contributed by atoms with Crippen LogP contribution in [0.1, 0.15) is 43.2 Å². The fourth-order valence-electron chi connectivity index (χ4n) is 5.43. The minimum Gasteiger partial charge on any atom is -0.495 e. The fraction of sp³-hybridized carbons (Fsp3) is 0.667. The van der Waals surface area contributed by atoms with Gasteiger partial charge in [-0.1, -0.05) is 12.8 Å². The van der Waals surface area contributed by atoms with E-state index in [9.17, 15) is 0 Å². The van der Waals surface area contributed by atoms with Crippen molar-refractivity contribution in [1.29, 1.82) is 0 Å². The van der Waals surface area contributed by atoms with Crippen LogP contribution in [0.25, 0.3) is 0 Å². The van der Waals surface area contributed by atoms with Gasteiger partial charge in [-0.2, -0.15) is 0 Å². The summed E-state index contributed by atoms with van der Waals surface area (Å²) in [6, 6.07) is 5.16. The number of methoxy groups -OCH3 is 1. The van der Waals surface area contributed by atoms with E-state index in [4.69, 9.17) is 10.5 Å². The number of ether oxygens (including phenoxy) is 1. The summed E-state index contributed by atoms with van der Waals surface area (Å²) in [4.78, 5) is 2.59. The molecule has 0 amide bonds. The minimum atomic E-state index is 0.393. The van der Waals surface area contributed by atoms with Gasteiger partial charge in [0.1, 0.15) is 5.75 Å². The van der Waals surface area contributed by atoms with Crippen LogP contribution in [-0.4, -0.2) is 31.6 Å². The SMILES string of the molecule is COc1cc2c(cc1N)C[C@@H]1[C@H]3CCCC[C@]23CCN1C. The molecule has 4 rings (SSSR count). The Morgan fingerprint density at radius 3 is 2.95 bits per heavy atom. The van der Waals surface area contributed by atoms with Gasteiger partial charge in [0.05, 0.1) is 12.8 Å². The Kier molecular flexibility index (Phi) is 2.97. The maximum atomic E-state index is 6.17. The minimum absolute atomic E-state index is 0.393. The number of rotatable bonds is 1. The van der Waals surface area contributed by atoms with Crippen LogP contribution in [0.3, 0.4) is 0 Å². The van der Waals surface area contributed by atoms with Gasteiger partial charge in [-0.15, -0.1) is 0 Å². The number of hydrogen-bond acceptors (Lipinski definition) is 3. The molecule has 3 heteroatoms. The molecule has 2 aliphatic carbocycles. The van der Waals surface area contributed by atoms with E-state index in [0.717, 1.165) is 23.8 Å². The molecule has 3 aliphatic rings. The highest BCUT2D eigenvalue weighted by molar-refractivity contribution is 5.60. The Balaban J connectivity index is 1.90. The topological polar surface area (TPSA) is 38.5 Å². The summed E-state index contributed by atoms with van der Waals surface area (Å²) in [7, 11) is 4.04. The normalized spacial score (nSPS) is 35.0. The monoisotopic (exact) mass is 286 g/mol. The molecule has 1 saturated carbocycles. The van der Waals surface area contributed by atoms with Crippen molar-refractivity contribution in [2.75, 3.05) is 26.4 Å². The Labute approximate surface area is 127 Å². The third kappa shape index (κ3) is 1.76. The van der Waals surface area contributed by atoms with Gasteiger partial charge in [0, 0.05) is 11.5 Å². The summed E-state index contributed by atoms with van der Waals surface area (Å²) in [5.74, 6) is 1.69. The van der Waals surface area contributed by atoms with Crippen molar-refractivity contribution in [3.05, 3.63) is 23.3 Å². The average molecular weight is 286 g/mol. The maximum Gasteiger partial charge on any atom is 0.142 e. The van der Waals surface area contributed by atoms with Crippen LogP contribution in [-0.2, 0) is 11.8 Å². The molecule has 0 spiro atoms. The van der Waals surface area contributed by atoms with E-state index in [-0.39, 0.29) is 0 Å². The van der Waals surface area contributed by atoms with Crippen LogP contribution < -0.4 is 10.5 Å². The van der Waals surface area contributed by atoms with Gasteiger partial charge in [-0.25, -0.2) is 0 Å². The molecular weight excluding hydrogens is 260 g/mol. The first-order valence-electron chi connectivity index (χ1n) is 8.33. The maximum absolute atomic E-state index is 6.17. The van der Waals surface area contributed by atoms with Crippen LogP contribution in [0.5, 0.6) is 5.75 Å². The summed E-state index contributed by atoms with van der Waals surface area (Å²) in [6.45, 7) is 1.23. The molecule has 2 bridgehead atoms. The number of benzene rings is 1. The second-order valence-electron chi connectivity index (χ2n) is 7.26. The molecule has 1 heterocycles. The van der Waals surface area contributed by atoms with E-state index >= 15 is 0 Å². The number of likely N-dealkylation sites (N-methyl/N-ethyl adjacent to an activating group) is 1. The summed E-state index contributed by atoms with van der Waals surface area (Å²) in [5.41, 5.74) is 10.4. The van der Waals surface area contributed by atoms with Crippen molar-refractivity contribution in [3.63, 3.8) is 0 Å². The lowest BCUT2D eigenvalue weighted by Crippen LogP contribution is -2.59. The van der Waals surface area contributed by atoms with Crippen LogP contribution in [0.2, 0.25) is 0 Å². The molecule has 114 valence electrons. The van der Waals surface area contributed by atoms with Gasteiger partial charge in [-0.3, -0.25) is 0 Å². The average Bonchev–Trinajstić information content (AvgIpc) is 2.50. The van der Waals surface area contributed by atoms with E-state index in [1.807, 2.05) is 0 Å². The molecule has 2 fully saturated rings. The molecule has 0 unspecified atom stereocenters. The summed E-state index contributed by atoms with van der Waals surface area (Å²) < 4.78 is 5.51. The molecule has 3 atom stereocenters. The number of nitrogens with two attached hydrogens (primary N) is 1. The van der Waals surface area contributed by atoms with Gasteiger partial charge in [-0.05, 0) is 68.5 Å². The molecule has 0 aromatic heterocycles. The smallest absolute Gasteiger partial charge is 0.142 e. The third-order valence-corrected chi connectivity index (χ3v) is 6.46. The molecule has 2 N–H and O–H groups in total. The number of likely N-dealkylation sites (tertiary alicyclic amines) is 1. The van der Waals surface area contributed by atoms with E-state index in [0.29, 0.717) is 11.5 Å². The Morgan fingerprint density at radius 1 is 1.29 bits per heavy atom. The van der Waals surface area contributed by atoms with Gasteiger partial charge < -0.3 is 15.4 Å². The van der Waals surface area contributed by atoms with E-state index < -0.39 is 0 Å². The number of nitrogens with zero attached hydrogens (tertiary/aromatic N) is 1. The van der Waals surface area contributed by atoms with Crippen LogP contribution in [0.15, 0.2) is 12.1 Å². The predicted molar refractivity (Wildman–Crippen MR) is 85.8 cm³/mol. The second kappa shape index (κ2) is 4.64. The zero-order valence-electron chi connectivity index (χ0n) is 13.2. The molecular formula is C18H26N2O. The lowest BCUT2D eigenvalue weighted by atomic mass is 9.52. The molecule has 1 saturated heterocycles. The second-order valence-corrected chi connectivity index (χ2v) is 7.26. The number of nitrogen functional groups attached to an aromatic ring is 1. The van der Waals surface area contributed by atoms with Crippen molar-refractivity contribution < 1.29 is 4.74 Å². The summed E-state index contributed by atoms with van der Waals surface area (Å²) in [5, 5.41) is 0. The summed E-state index contributed by atoms with van der Waals surface area (Å²) >= 11 is 0. The largest absolute Gasteiger partial charge is 0.495 e. The molecule has 1 aliphatic heterocycles. The first kappa shape index (κ1) is 13.4. The standard InChI is InChI=1S/C18H26N2O/c1-20-8-7-18-6-4-3-5-13(18)16(20)10-12-9-15(19)17(21-2)11-14(12)18/h9,11,13,16H,3-8,10,19H2,1-2H3/t13-,16-,18-/m1/s1. The van der Waals surface area contributed by atoms with Gasteiger partial charge in [0.15, 0.2) is 0 Å². The molecule has 0 radical (unpaired) electrons. The number of hydrogen-bond donors (Lipinski definition) is 1. The Morgan fingerprint density at radius 2 is 2.14 bits per heavy atom. The van der Waals surface area contributed by atoms with Crippen molar-refractivity contribution in [3.8, 4) is 5.75 Å². The van der Waals surface area contributed by atoms with E-state index in [2.05, 4.69) is 24.1 Å². The zero-order chi connectivity index (χ0) is 14.6. The molecule has 21 heavy (non-hydrogen) atoms. The van der Waals surface area contributed by atoms with Crippen LogP contribution in [0.4, 0.5) is 5.69 Å². The third-order valence-electron chi connectivity index (χ3n) is 6.46. The van der Waals surface area contributed by atoms with Gasteiger partial charge >= 0.3 is 0 Å². The lowest BCUT2D eigenvalue weighted by molar-refractivity contribution is 0.00277. The Bertz CT molecular complexity index is 571.